The maximum atomic E-state index is 11.1. The third kappa shape index (κ3) is 12.4. The summed E-state index contributed by atoms with van der Waals surface area (Å²) in [5, 5.41) is 0. The molecule has 18 heavy (non-hydrogen) atoms. The van der Waals surface area contributed by atoms with E-state index in [-0.39, 0.29) is 5.97 Å². The van der Waals surface area contributed by atoms with E-state index < -0.39 is 6.69 Å². The molecule has 0 N–H and O–H groups in total. The quantitative estimate of drug-likeness (QED) is 0.184. The fraction of sp³-hybridized carbons (Fsp3) is 0.786. The molecule has 0 rings (SSSR count). The van der Waals surface area contributed by atoms with Crippen molar-refractivity contribution in [2.75, 3.05) is 6.61 Å². The Kier molecular flexibility index (Phi) is 9.74. The van der Waals surface area contributed by atoms with Crippen molar-refractivity contribution in [3.8, 4) is 0 Å². The van der Waals surface area contributed by atoms with E-state index in [1.54, 1.807) is 6.92 Å². The van der Waals surface area contributed by atoms with Gasteiger partial charge >= 0.3 is 5.97 Å². The second kappa shape index (κ2) is 9.79. The van der Waals surface area contributed by atoms with Crippen LogP contribution in [0.15, 0.2) is 12.2 Å². The Morgan fingerprint density at radius 2 is 1.61 bits per heavy atom. The highest BCUT2D eigenvalue weighted by atomic mass is 79.9. The van der Waals surface area contributed by atoms with Gasteiger partial charge in [-0.25, -0.2) is 4.79 Å². The summed E-state index contributed by atoms with van der Waals surface area (Å²) in [6, 6.07) is 1.36. The molecule has 0 saturated carbocycles. The van der Waals surface area contributed by atoms with Gasteiger partial charge in [0.05, 0.1) is 6.61 Å². The lowest BCUT2D eigenvalue weighted by Gasteiger charge is -2.12. The van der Waals surface area contributed by atoms with E-state index in [9.17, 15) is 4.79 Å². The number of carbonyl (C=O) groups is 1. The molecule has 0 radical (unpaired) electrons. The van der Waals surface area contributed by atoms with Gasteiger partial charge in [-0.3, -0.25) is 0 Å². The van der Waals surface area contributed by atoms with Gasteiger partial charge in [0, 0.05) is 5.57 Å². The fourth-order valence-electron chi connectivity index (χ4n) is 1.64. The Labute approximate surface area is 121 Å². The fourth-order valence-corrected chi connectivity index (χ4v) is 3.57. The van der Waals surface area contributed by atoms with Crippen LogP contribution in [0.1, 0.15) is 45.4 Å². The maximum Gasteiger partial charge on any atom is 0.333 e. The normalized spacial score (nSPS) is 11.3. The van der Waals surface area contributed by atoms with Crippen LogP contribution in [0.3, 0.4) is 0 Å². The summed E-state index contributed by atoms with van der Waals surface area (Å²) >= 11 is 3.79. The third-order valence-electron chi connectivity index (χ3n) is 2.75. The molecule has 0 bridgehead atoms. The molecule has 0 aliphatic heterocycles. The molecule has 0 atom stereocenters. The van der Waals surface area contributed by atoms with Crippen molar-refractivity contribution in [1.29, 1.82) is 0 Å². The van der Waals surface area contributed by atoms with Crippen molar-refractivity contribution in [1.82, 2.24) is 0 Å². The molecule has 0 spiro atoms. The van der Waals surface area contributed by atoms with Crippen LogP contribution < -0.4 is 0 Å². The summed E-state index contributed by atoms with van der Waals surface area (Å²) in [6.45, 7) is 9.45. The van der Waals surface area contributed by atoms with Gasteiger partial charge in [0.2, 0.25) is 0 Å². The smallest absolute Gasteiger partial charge is 0.333 e. The molecule has 0 amide bonds. The van der Waals surface area contributed by atoms with Crippen LogP contribution in [0, 0.1) is 0 Å². The predicted molar refractivity (Wildman–Crippen MR) is 84.7 cm³/mol. The molecule has 0 aliphatic rings. The molecular weight excluding hydrogens is 308 g/mol. The summed E-state index contributed by atoms with van der Waals surface area (Å²) in [7, 11) is 0. The highest BCUT2D eigenvalue weighted by Crippen LogP contribution is 2.21. The van der Waals surface area contributed by atoms with Crippen molar-refractivity contribution in [2.24, 2.45) is 0 Å². The molecule has 106 valence electrons. The number of unbranched alkanes of at least 4 members (excludes halogenated alkanes) is 5. The Balaban J connectivity index is 3.22. The average Bonchev–Trinajstić information content (AvgIpc) is 2.24. The van der Waals surface area contributed by atoms with Gasteiger partial charge in [-0.1, -0.05) is 51.8 Å². The van der Waals surface area contributed by atoms with E-state index in [1.165, 1.54) is 31.7 Å². The molecule has 0 aromatic heterocycles. The molecular formula is C14H27BrO2Si. The van der Waals surface area contributed by atoms with E-state index in [0.29, 0.717) is 12.2 Å². The van der Waals surface area contributed by atoms with Crippen LogP contribution in [-0.4, -0.2) is 19.3 Å². The SMILES string of the molecule is C=C(C)C(=O)OCCCCCCCC[Si](C)(C)Br. The van der Waals surface area contributed by atoms with Crippen molar-refractivity contribution in [2.45, 2.75) is 64.6 Å². The Morgan fingerprint density at radius 1 is 1.11 bits per heavy atom. The second-order valence-corrected chi connectivity index (χ2v) is 15.9. The first-order valence-electron chi connectivity index (χ1n) is 6.84. The Bertz CT molecular complexity index is 259. The minimum atomic E-state index is -1.02. The first-order valence-corrected chi connectivity index (χ1v) is 12.3. The number of hydrogen-bond acceptors (Lipinski definition) is 2. The number of hydrogen-bond donors (Lipinski definition) is 0. The topological polar surface area (TPSA) is 26.3 Å². The van der Waals surface area contributed by atoms with Gasteiger partial charge in [-0.2, -0.15) is 0 Å². The molecule has 0 unspecified atom stereocenters. The Hall–Kier alpha value is -0.0931. The number of rotatable bonds is 10. The molecule has 2 nitrogen and oxygen atoms in total. The zero-order valence-electron chi connectivity index (χ0n) is 12.1. The van der Waals surface area contributed by atoms with Gasteiger partial charge in [0.15, 0.2) is 0 Å². The highest BCUT2D eigenvalue weighted by molar-refractivity contribution is 9.26. The monoisotopic (exact) mass is 334 g/mol. The zero-order valence-corrected chi connectivity index (χ0v) is 14.6. The van der Waals surface area contributed by atoms with Gasteiger partial charge < -0.3 is 4.74 Å². The zero-order chi connectivity index (χ0) is 14.0. The third-order valence-corrected chi connectivity index (χ3v) is 5.48. The van der Waals surface area contributed by atoms with Crippen LogP contribution in [-0.2, 0) is 9.53 Å². The lowest BCUT2D eigenvalue weighted by molar-refractivity contribution is -0.139. The Morgan fingerprint density at radius 3 is 2.11 bits per heavy atom. The second-order valence-electron chi connectivity index (χ2n) is 5.51. The predicted octanol–water partition coefficient (Wildman–Crippen LogP) is 5.05. The van der Waals surface area contributed by atoms with Gasteiger partial charge in [0.1, 0.15) is 6.69 Å². The summed E-state index contributed by atoms with van der Waals surface area (Å²) in [6.07, 6.45) is 7.33. The number of esters is 1. The molecule has 0 aromatic rings. The first-order chi connectivity index (χ1) is 8.33. The summed E-state index contributed by atoms with van der Waals surface area (Å²) in [5.74, 6) is -0.264. The average molecular weight is 335 g/mol. The maximum absolute atomic E-state index is 11.1. The largest absolute Gasteiger partial charge is 0.462 e. The first kappa shape index (κ1) is 17.9. The summed E-state index contributed by atoms with van der Waals surface area (Å²) in [4.78, 5) is 11.1. The molecule has 0 aliphatic carbocycles. The number of ether oxygens (including phenoxy) is 1. The lowest BCUT2D eigenvalue weighted by atomic mass is 10.1. The molecule has 4 heteroatoms. The van der Waals surface area contributed by atoms with Gasteiger partial charge in [-0.05, 0) is 19.4 Å². The number of halogens is 1. The van der Waals surface area contributed by atoms with E-state index in [4.69, 9.17) is 4.74 Å². The molecule has 0 saturated heterocycles. The summed E-state index contributed by atoms with van der Waals surface area (Å²) < 4.78 is 5.04. The molecule has 0 fully saturated rings. The van der Waals surface area contributed by atoms with Gasteiger partial charge in [0.25, 0.3) is 0 Å². The highest BCUT2D eigenvalue weighted by Gasteiger charge is 2.14. The van der Waals surface area contributed by atoms with Crippen LogP contribution in [0.25, 0.3) is 0 Å². The van der Waals surface area contributed by atoms with Crippen LogP contribution in [0.4, 0.5) is 0 Å². The molecule has 0 aromatic carbocycles. The van der Waals surface area contributed by atoms with Crippen molar-refractivity contribution >= 4 is 28.0 Å². The van der Waals surface area contributed by atoms with Crippen molar-refractivity contribution < 1.29 is 9.53 Å². The molecule has 0 heterocycles. The lowest BCUT2D eigenvalue weighted by Crippen LogP contribution is -2.13. The van der Waals surface area contributed by atoms with Crippen molar-refractivity contribution in [3.63, 3.8) is 0 Å². The van der Waals surface area contributed by atoms with Crippen LogP contribution in [0.2, 0.25) is 19.1 Å². The minimum absolute atomic E-state index is 0.264. The minimum Gasteiger partial charge on any atom is -0.462 e. The summed E-state index contributed by atoms with van der Waals surface area (Å²) in [5.41, 5.74) is 0.483. The van der Waals surface area contributed by atoms with E-state index >= 15 is 0 Å². The van der Waals surface area contributed by atoms with Crippen LogP contribution >= 0.6 is 15.3 Å². The van der Waals surface area contributed by atoms with Crippen LogP contribution in [0.5, 0.6) is 0 Å². The van der Waals surface area contributed by atoms with Crippen molar-refractivity contribution in [3.05, 3.63) is 12.2 Å². The van der Waals surface area contributed by atoms with Gasteiger partial charge in [-0.15, -0.1) is 15.3 Å². The standard InChI is InChI=1S/C14H27BrO2Si/c1-13(2)14(16)17-11-9-7-5-6-8-10-12-18(3,4)15/h1,5-12H2,2-4H3. The van der Waals surface area contributed by atoms with E-state index in [0.717, 1.165) is 12.8 Å². The number of carbonyl (C=O) groups excluding carboxylic acids is 1. The van der Waals surface area contributed by atoms with E-state index in [2.05, 4.69) is 35.0 Å². The van der Waals surface area contributed by atoms with E-state index in [1.807, 2.05) is 0 Å².